The van der Waals surface area contributed by atoms with Crippen LogP contribution in [0.3, 0.4) is 0 Å². The van der Waals surface area contributed by atoms with Gasteiger partial charge in [0.2, 0.25) is 5.56 Å². The van der Waals surface area contributed by atoms with Crippen molar-refractivity contribution in [3.05, 3.63) is 88.5 Å². The normalized spacial score (nSPS) is 11.1. The summed E-state index contributed by atoms with van der Waals surface area (Å²) in [5.41, 5.74) is 3.42. The van der Waals surface area contributed by atoms with Crippen molar-refractivity contribution in [1.29, 1.82) is 0 Å². The fraction of sp³-hybridized carbons (Fsp3) is 0.0870. The van der Waals surface area contributed by atoms with Gasteiger partial charge in [-0.3, -0.25) is 9.59 Å². The number of carbonyl (C=O) groups is 1. The first-order valence-electron chi connectivity index (χ1n) is 10.1. The van der Waals surface area contributed by atoms with Gasteiger partial charge in [0.25, 0.3) is 5.91 Å². The van der Waals surface area contributed by atoms with E-state index in [9.17, 15) is 14.0 Å². The molecule has 9 nitrogen and oxygen atoms in total. The molecule has 0 aliphatic heterocycles. The maximum atomic E-state index is 13.4. The highest BCUT2D eigenvalue weighted by Gasteiger charge is 2.18. The van der Waals surface area contributed by atoms with Gasteiger partial charge in [-0.1, -0.05) is 0 Å². The molecule has 10 heteroatoms. The molecule has 33 heavy (non-hydrogen) atoms. The Morgan fingerprint density at radius 3 is 2.58 bits per heavy atom. The molecule has 0 saturated carbocycles. The van der Waals surface area contributed by atoms with Gasteiger partial charge in [-0.05, 0) is 49.4 Å². The molecule has 0 radical (unpaired) electrons. The van der Waals surface area contributed by atoms with E-state index in [1.807, 2.05) is 24.6 Å². The predicted molar refractivity (Wildman–Crippen MR) is 120 cm³/mol. The zero-order valence-corrected chi connectivity index (χ0v) is 17.7. The first-order valence-corrected chi connectivity index (χ1v) is 10.1. The van der Waals surface area contributed by atoms with Crippen LogP contribution in [0.15, 0.2) is 65.7 Å². The first-order chi connectivity index (χ1) is 15.9. The molecule has 0 aliphatic rings. The number of fused-ring (bicyclic) bond motifs is 1. The van der Waals surface area contributed by atoms with E-state index >= 15 is 0 Å². The Morgan fingerprint density at radius 2 is 1.85 bits per heavy atom. The number of anilines is 1. The van der Waals surface area contributed by atoms with E-state index in [4.69, 9.17) is 0 Å². The Kier molecular flexibility index (Phi) is 4.82. The molecule has 0 saturated heterocycles. The summed E-state index contributed by atoms with van der Waals surface area (Å²) in [5.74, 6) is 0.375. The van der Waals surface area contributed by atoms with Crippen molar-refractivity contribution in [2.75, 3.05) is 5.32 Å². The lowest BCUT2D eigenvalue weighted by Gasteiger charge is -2.07. The molecule has 0 fully saturated rings. The van der Waals surface area contributed by atoms with Crippen molar-refractivity contribution in [2.45, 2.75) is 6.92 Å². The van der Waals surface area contributed by atoms with Gasteiger partial charge >= 0.3 is 0 Å². The van der Waals surface area contributed by atoms with Crippen molar-refractivity contribution in [2.24, 2.45) is 7.05 Å². The summed E-state index contributed by atoms with van der Waals surface area (Å²) in [7, 11) is 1.89. The summed E-state index contributed by atoms with van der Waals surface area (Å²) in [6, 6.07) is 12.5. The zero-order valence-electron chi connectivity index (χ0n) is 17.7. The summed E-state index contributed by atoms with van der Waals surface area (Å²) in [5, 5.41) is 7.35. The van der Waals surface area contributed by atoms with Crippen LogP contribution in [0, 0.1) is 12.7 Å². The van der Waals surface area contributed by atoms with Crippen LogP contribution in [0.1, 0.15) is 16.2 Å². The van der Waals surface area contributed by atoms with Crippen LogP contribution in [0.5, 0.6) is 0 Å². The highest BCUT2D eigenvalue weighted by Crippen LogP contribution is 2.31. The van der Waals surface area contributed by atoms with Gasteiger partial charge in [-0.25, -0.2) is 18.9 Å². The summed E-state index contributed by atoms with van der Waals surface area (Å²) in [4.78, 5) is 35.1. The quantitative estimate of drug-likeness (QED) is 0.443. The summed E-state index contributed by atoms with van der Waals surface area (Å²) < 4.78 is 16.9. The average molecular weight is 443 g/mol. The third kappa shape index (κ3) is 3.78. The molecular weight excluding hydrogens is 425 g/mol. The van der Waals surface area contributed by atoms with E-state index in [-0.39, 0.29) is 11.4 Å². The second-order valence-corrected chi connectivity index (χ2v) is 7.47. The Labute approximate surface area is 186 Å². The number of hydrogen-bond donors (Lipinski definition) is 2. The number of pyridine rings is 1. The average Bonchev–Trinajstić information content (AvgIpc) is 3.34. The lowest BCUT2D eigenvalue weighted by atomic mass is 10.1. The van der Waals surface area contributed by atoms with E-state index in [2.05, 4.69) is 25.4 Å². The summed E-state index contributed by atoms with van der Waals surface area (Å²) >= 11 is 0. The monoisotopic (exact) mass is 443 g/mol. The van der Waals surface area contributed by atoms with Crippen LogP contribution in [0.2, 0.25) is 0 Å². The third-order valence-corrected chi connectivity index (χ3v) is 5.29. The number of aromatic nitrogens is 6. The molecule has 0 spiro atoms. The molecule has 4 aromatic heterocycles. The maximum Gasteiger partial charge on any atom is 0.258 e. The molecule has 0 unspecified atom stereocenters. The molecule has 5 rings (SSSR count). The molecule has 1 amide bonds. The van der Waals surface area contributed by atoms with Crippen LogP contribution in [0.25, 0.3) is 28.3 Å². The van der Waals surface area contributed by atoms with Gasteiger partial charge in [-0.2, -0.15) is 5.10 Å². The van der Waals surface area contributed by atoms with Crippen LogP contribution >= 0.6 is 0 Å². The largest absolute Gasteiger partial charge is 0.330 e. The van der Waals surface area contributed by atoms with E-state index < -0.39 is 5.91 Å². The molecule has 164 valence electrons. The first kappa shape index (κ1) is 20.3. The number of hydrogen-bond acceptors (Lipinski definition) is 5. The standard InChI is InChI=1S/C23H18FN7O2/c1-13-26-21(14-3-6-16(24)7-4-14)22(30(13)2)17-8-9-19-27-18(12-31(19)29-17)28-23(33)15-5-10-20(32)25-11-15/h3-12H,1-2H3,(H,25,32)(H,28,33). The highest BCUT2D eigenvalue weighted by molar-refractivity contribution is 6.03. The summed E-state index contributed by atoms with van der Waals surface area (Å²) in [6.45, 7) is 1.89. The highest BCUT2D eigenvalue weighted by atomic mass is 19.1. The predicted octanol–water partition coefficient (Wildman–Crippen LogP) is 3.18. The number of benzene rings is 1. The molecule has 0 atom stereocenters. The lowest BCUT2D eigenvalue weighted by molar-refractivity contribution is 0.102. The number of carbonyl (C=O) groups excluding carboxylic acids is 1. The van der Waals surface area contributed by atoms with Gasteiger partial charge in [0, 0.05) is 24.9 Å². The molecular formula is C23H18FN7O2. The topological polar surface area (TPSA) is 110 Å². The second kappa shape index (κ2) is 7.83. The van der Waals surface area contributed by atoms with Crippen molar-refractivity contribution >= 4 is 17.4 Å². The molecule has 2 N–H and O–H groups in total. The number of nitrogens with one attached hydrogen (secondary N) is 2. The fourth-order valence-corrected chi connectivity index (χ4v) is 3.52. The molecule has 0 aliphatic carbocycles. The zero-order chi connectivity index (χ0) is 23.1. The van der Waals surface area contributed by atoms with Gasteiger partial charge in [0.05, 0.1) is 23.1 Å². The SMILES string of the molecule is Cc1nc(-c2ccc(F)cc2)c(-c2ccc3nc(NC(=O)c4ccc(=O)[nH]c4)cn3n2)n1C. The smallest absolute Gasteiger partial charge is 0.258 e. The summed E-state index contributed by atoms with van der Waals surface area (Å²) in [6.07, 6.45) is 2.94. The van der Waals surface area contributed by atoms with Crippen molar-refractivity contribution in [1.82, 2.24) is 29.1 Å². The minimum Gasteiger partial charge on any atom is -0.330 e. The third-order valence-electron chi connectivity index (χ3n) is 5.29. The second-order valence-electron chi connectivity index (χ2n) is 7.47. The van der Waals surface area contributed by atoms with E-state index in [0.717, 1.165) is 17.1 Å². The Hall–Kier alpha value is -4.60. The number of aryl methyl sites for hydroxylation is 1. The van der Waals surface area contributed by atoms with Crippen molar-refractivity contribution < 1.29 is 9.18 Å². The Bertz CT molecular complexity index is 1540. The number of nitrogens with zero attached hydrogens (tertiary/aromatic N) is 5. The minimum absolute atomic E-state index is 0.290. The van der Waals surface area contributed by atoms with Crippen LogP contribution in [-0.4, -0.2) is 35.0 Å². The number of imidazole rings is 2. The van der Waals surface area contributed by atoms with Crippen LogP contribution in [-0.2, 0) is 7.05 Å². The van der Waals surface area contributed by atoms with Crippen molar-refractivity contribution in [3.63, 3.8) is 0 Å². The minimum atomic E-state index is -0.407. The van der Waals surface area contributed by atoms with Crippen LogP contribution < -0.4 is 10.9 Å². The molecule has 0 bridgehead atoms. The fourth-order valence-electron chi connectivity index (χ4n) is 3.52. The number of amides is 1. The van der Waals surface area contributed by atoms with Crippen LogP contribution in [0.4, 0.5) is 10.2 Å². The molecule has 4 heterocycles. The van der Waals surface area contributed by atoms with Gasteiger partial charge in [0.1, 0.15) is 17.3 Å². The van der Waals surface area contributed by atoms with E-state index in [1.54, 1.807) is 28.9 Å². The molecule has 1 aromatic carbocycles. The van der Waals surface area contributed by atoms with Crippen molar-refractivity contribution in [3.8, 4) is 22.6 Å². The number of H-pyrrole nitrogens is 1. The van der Waals surface area contributed by atoms with Gasteiger partial charge < -0.3 is 14.9 Å². The Morgan fingerprint density at radius 1 is 1.06 bits per heavy atom. The maximum absolute atomic E-state index is 13.4. The van der Waals surface area contributed by atoms with E-state index in [1.165, 1.54) is 30.5 Å². The lowest BCUT2D eigenvalue weighted by Crippen LogP contribution is -2.14. The van der Waals surface area contributed by atoms with E-state index in [0.29, 0.717) is 28.4 Å². The van der Waals surface area contributed by atoms with Gasteiger partial charge in [-0.15, -0.1) is 0 Å². The number of halogens is 1. The molecule has 5 aromatic rings. The number of aromatic amines is 1. The number of rotatable bonds is 4. The van der Waals surface area contributed by atoms with Gasteiger partial charge in [0.15, 0.2) is 11.5 Å². The Balaban J connectivity index is 1.51.